The topological polar surface area (TPSA) is 78.7 Å². The SMILES string of the molecule is NC(=O)C1CN(CCCCC(c2ccccc2)c2ccccc2)CCN1CC(=O)Nc1c(Cl)cccc1Cl. The van der Waals surface area contributed by atoms with Gasteiger partial charge in [-0.1, -0.05) is 96.4 Å². The molecule has 8 heteroatoms. The molecule has 200 valence electrons. The van der Waals surface area contributed by atoms with E-state index in [4.69, 9.17) is 28.9 Å². The van der Waals surface area contributed by atoms with E-state index in [1.54, 1.807) is 18.2 Å². The van der Waals surface area contributed by atoms with Gasteiger partial charge in [0.25, 0.3) is 0 Å². The molecule has 1 unspecified atom stereocenters. The van der Waals surface area contributed by atoms with Crippen LogP contribution in [0, 0.1) is 0 Å². The van der Waals surface area contributed by atoms with Gasteiger partial charge < -0.3 is 11.1 Å². The van der Waals surface area contributed by atoms with Gasteiger partial charge in [-0.3, -0.25) is 19.4 Å². The number of nitrogens with one attached hydrogen (secondary N) is 1. The Morgan fingerprint density at radius 2 is 1.47 bits per heavy atom. The Morgan fingerprint density at radius 3 is 2.05 bits per heavy atom. The number of benzene rings is 3. The number of primary amides is 1. The van der Waals surface area contributed by atoms with Crippen LogP contribution in [0.25, 0.3) is 0 Å². The quantitative estimate of drug-likeness (QED) is 0.312. The van der Waals surface area contributed by atoms with Crippen molar-refractivity contribution < 1.29 is 9.59 Å². The second-order valence-electron chi connectivity index (χ2n) is 9.70. The van der Waals surface area contributed by atoms with Crippen molar-refractivity contribution in [2.75, 3.05) is 38.0 Å². The minimum atomic E-state index is -0.530. The van der Waals surface area contributed by atoms with Crippen molar-refractivity contribution in [3.63, 3.8) is 0 Å². The minimum absolute atomic E-state index is 0.0405. The van der Waals surface area contributed by atoms with E-state index in [1.807, 2.05) is 4.90 Å². The van der Waals surface area contributed by atoms with Crippen LogP contribution in [0.2, 0.25) is 10.0 Å². The number of para-hydroxylation sites is 1. The Balaban J connectivity index is 1.28. The predicted octanol–water partition coefficient (Wildman–Crippen LogP) is 5.41. The van der Waals surface area contributed by atoms with Gasteiger partial charge in [0.15, 0.2) is 0 Å². The molecule has 3 aromatic carbocycles. The van der Waals surface area contributed by atoms with Crippen molar-refractivity contribution in [2.24, 2.45) is 5.73 Å². The Kier molecular flexibility index (Phi) is 10.2. The van der Waals surface area contributed by atoms with Gasteiger partial charge in [-0.25, -0.2) is 0 Å². The summed E-state index contributed by atoms with van der Waals surface area (Å²) in [7, 11) is 0. The lowest BCUT2D eigenvalue weighted by Crippen LogP contribution is -2.59. The predicted molar refractivity (Wildman–Crippen MR) is 155 cm³/mol. The van der Waals surface area contributed by atoms with Crippen LogP contribution in [-0.4, -0.2) is 60.4 Å². The normalized spacial score (nSPS) is 16.4. The van der Waals surface area contributed by atoms with Crippen molar-refractivity contribution >= 4 is 40.7 Å². The Labute approximate surface area is 234 Å². The first-order valence-electron chi connectivity index (χ1n) is 13.0. The second kappa shape index (κ2) is 13.8. The average molecular weight is 554 g/mol. The molecule has 0 radical (unpaired) electrons. The summed E-state index contributed by atoms with van der Waals surface area (Å²) in [6, 6.07) is 25.8. The fraction of sp³-hybridized carbons (Fsp3) is 0.333. The van der Waals surface area contributed by atoms with E-state index in [-0.39, 0.29) is 12.5 Å². The van der Waals surface area contributed by atoms with Crippen LogP contribution >= 0.6 is 23.2 Å². The van der Waals surface area contributed by atoms with E-state index in [1.165, 1.54) is 11.1 Å². The Bertz CT molecular complexity index is 1150. The van der Waals surface area contributed by atoms with Crippen LogP contribution in [-0.2, 0) is 9.59 Å². The van der Waals surface area contributed by atoms with E-state index in [0.717, 1.165) is 32.4 Å². The maximum absolute atomic E-state index is 12.7. The molecule has 3 N–H and O–H groups in total. The zero-order chi connectivity index (χ0) is 26.9. The van der Waals surface area contributed by atoms with Gasteiger partial charge in [-0.15, -0.1) is 0 Å². The van der Waals surface area contributed by atoms with Gasteiger partial charge >= 0.3 is 0 Å². The van der Waals surface area contributed by atoms with Crippen LogP contribution in [0.1, 0.15) is 36.3 Å². The summed E-state index contributed by atoms with van der Waals surface area (Å²) in [5.41, 5.74) is 8.77. The number of hydrogen-bond donors (Lipinski definition) is 2. The fourth-order valence-electron chi connectivity index (χ4n) is 5.10. The maximum atomic E-state index is 12.7. The van der Waals surface area contributed by atoms with E-state index >= 15 is 0 Å². The van der Waals surface area contributed by atoms with Gasteiger partial charge in [0.05, 0.1) is 22.3 Å². The average Bonchev–Trinajstić information content (AvgIpc) is 2.92. The van der Waals surface area contributed by atoms with Crippen LogP contribution in [0.3, 0.4) is 0 Å². The highest BCUT2D eigenvalue weighted by atomic mass is 35.5. The monoisotopic (exact) mass is 552 g/mol. The lowest BCUT2D eigenvalue weighted by Gasteiger charge is -2.39. The van der Waals surface area contributed by atoms with Crippen molar-refractivity contribution in [1.82, 2.24) is 9.80 Å². The van der Waals surface area contributed by atoms with Crippen molar-refractivity contribution in [2.45, 2.75) is 31.2 Å². The third-order valence-corrected chi connectivity index (χ3v) is 7.73. The summed E-state index contributed by atoms with van der Waals surface area (Å²) in [5.74, 6) is -0.350. The number of halogens is 2. The van der Waals surface area contributed by atoms with Crippen molar-refractivity contribution in [1.29, 1.82) is 0 Å². The number of piperazine rings is 1. The van der Waals surface area contributed by atoms with Crippen LogP contribution in [0.15, 0.2) is 78.9 Å². The molecule has 0 bridgehead atoms. The Hall–Kier alpha value is -2.90. The summed E-state index contributed by atoms with van der Waals surface area (Å²) in [6.45, 7) is 2.78. The van der Waals surface area contributed by atoms with Gasteiger partial charge in [0.2, 0.25) is 11.8 Å². The first-order valence-corrected chi connectivity index (χ1v) is 13.8. The zero-order valence-electron chi connectivity index (χ0n) is 21.4. The number of nitrogens with two attached hydrogens (primary N) is 1. The first kappa shape index (κ1) is 28.1. The molecule has 1 saturated heterocycles. The van der Waals surface area contributed by atoms with E-state index in [2.05, 4.69) is 70.9 Å². The highest BCUT2D eigenvalue weighted by Crippen LogP contribution is 2.31. The third kappa shape index (κ3) is 7.58. The molecule has 1 aliphatic rings. The van der Waals surface area contributed by atoms with E-state index in [0.29, 0.717) is 34.7 Å². The maximum Gasteiger partial charge on any atom is 0.238 e. The molecule has 0 spiro atoms. The molecule has 2 amide bonds. The van der Waals surface area contributed by atoms with Gasteiger partial charge in [0.1, 0.15) is 6.04 Å². The molecule has 1 fully saturated rings. The highest BCUT2D eigenvalue weighted by molar-refractivity contribution is 6.39. The van der Waals surface area contributed by atoms with Gasteiger partial charge in [0, 0.05) is 25.6 Å². The molecule has 0 aliphatic carbocycles. The summed E-state index contributed by atoms with van der Waals surface area (Å²) in [6.07, 6.45) is 3.14. The summed E-state index contributed by atoms with van der Waals surface area (Å²) in [5, 5.41) is 3.50. The lowest BCUT2D eigenvalue weighted by molar-refractivity contribution is -0.127. The third-order valence-electron chi connectivity index (χ3n) is 7.10. The number of unbranched alkanes of at least 4 members (excludes halogenated alkanes) is 1. The lowest BCUT2D eigenvalue weighted by atomic mass is 9.87. The van der Waals surface area contributed by atoms with Crippen LogP contribution < -0.4 is 11.1 Å². The molecular formula is C30H34Cl2N4O2. The van der Waals surface area contributed by atoms with Crippen molar-refractivity contribution in [3.05, 3.63) is 100 Å². The minimum Gasteiger partial charge on any atom is -0.368 e. The number of rotatable bonds is 11. The molecule has 0 saturated carbocycles. The number of amides is 2. The first-order chi connectivity index (χ1) is 18.4. The molecule has 1 atom stereocenters. The molecule has 4 rings (SSSR count). The molecule has 1 aliphatic heterocycles. The standard InChI is InChI=1S/C30H34Cl2N4O2/c31-25-15-9-16-26(32)29(25)34-28(37)21-36-19-18-35(20-27(36)30(33)38)17-8-7-14-24(22-10-3-1-4-11-22)23-12-5-2-6-13-23/h1-6,9-13,15-16,24,27H,7-8,14,17-21H2,(H2,33,38)(H,34,37). The molecular weight excluding hydrogens is 519 g/mol. The van der Waals surface area contributed by atoms with E-state index < -0.39 is 11.9 Å². The van der Waals surface area contributed by atoms with Crippen LogP contribution in [0.5, 0.6) is 0 Å². The molecule has 0 aromatic heterocycles. The molecule has 6 nitrogen and oxygen atoms in total. The smallest absolute Gasteiger partial charge is 0.238 e. The summed E-state index contributed by atoms with van der Waals surface area (Å²) in [4.78, 5) is 29.1. The number of carbonyl (C=O) groups is 2. The highest BCUT2D eigenvalue weighted by Gasteiger charge is 2.32. The zero-order valence-corrected chi connectivity index (χ0v) is 22.9. The summed E-state index contributed by atoms with van der Waals surface area (Å²) >= 11 is 12.3. The van der Waals surface area contributed by atoms with Gasteiger partial charge in [-0.2, -0.15) is 0 Å². The number of hydrogen-bond acceptors (Lipinski definition) is 4. The number of anilines is 1. The van der Waals surface area contributed by atoms with Crippen molar-refractivity contribution in [3.8, 4) is 0 Å². The molecule has 1 heterocycles. The van der Waals surface area contributed by atoms with Gasteiger partial charge in [-0.05, 0) is 42.6 Å². The number of nitrogens with zero attached hydrogens (tertiary/aromatic N) is 2. The number of carbonyl (C=O) groups excluding carboxylic acids is 2. The second-order valence-corrected chi connectivity index (χ2v) is 10.5. The molecule has 38 heavy (non-hydrogen) atoms. The van der Waals surface area contributed by atoms with E-state index in [9.17, 15) is 9.59 Å². The largest absolute Gasteiger partial charge is 0.368 e. The van der Waals surface area contributed by atoms with Crippen LogP contribution in [0.4, 0.5) is 5.69 Å². The summed E-state index contributed by atoms with van der Waals surface area (Å²) < 4.78 is 0. The Morgan fingerprint density at radius 1 is 0.868 bits per heavy atom. The fourth-order valence-corrected chi connectivity index (χ4v) is 5.59. The molecule has 3 aromatic rings.